The van der Waals surface area contributed by atoms with Crippen LogP contribution in [-0.4, -0.2) is 45.2 Å². The van der Waals surface area contributed by atoms with Gasteiger partial charge in [-0.3, -0.25) is 0 Å². The van der Waals surface area contributed by atoms with Gasteiger partial charge in [0.1, 0.15) is 5.75 Å². The number of anilines is 1. The van der Waals surface area contributed by atoms with Crippen molar-refractivity contribution in [2.45, 2.75) is 19.4 Å². The normalized spacial score (nSPS) is 20.1. The molecule has 1 atom stereocenters. The van der Waals surface area contributed by atoms with E-state index < -0.39 is 0 Å². The fraction of sp³-hybridized carbons (Fsp3) is 0.571. The smallest absolute Gasteiger partial charge is 0.142 e. The molecule has 0 aliphatic carbocycles. The van der Waals surface area contributed by atoms with Gasteiger partial charge in [0.15, 0.2) is 0 Å². The third-order valence-corrected chi connectivity index (χ3v) is 3.57. The van der Waals surface area contributed by atoms with Crippen molar-refractivity contribution in [1.82, 2.24) is 4.90 Å². The Kier molecular flexibility index (Phi) is 3.57. The lowest BCUT2D eigenvalue weighted by molar-refractivity contribution is 0.315. The SMILES string of the molecule is COc1cc(C)ccc1N1CC[C@H](N(C)C)C1. The molecule has 0 spiro atoms. The molecule has 0 bridgehead atoms. The highest BCUT2D eigenvalue weighted by molar-refractivity contribution is 5.60. The van der Waals surface area contributed by atoms with Crippen molar-refractivity contribution in [2.75, 3.05) is 39.2 Å². The Morgan fingerprint density at radius 1 is 1.35 bits per heavy atom. The number of ether oxygens (including phenoxy) is 1. The zero-order valence-electron chi connectivity index (χ0n) is 11.2. The molecule has 0 saturated carbocycles. The van der Waals surface area contributed by atoms with Crippen LogP contribution < -0.4 is 9.64 Å². The molecule has 0 unspecified atom stereocenters. The molecule has 1 saturated heterocycles. The van der Waals surface area contributed by atoms with Gasteiger partial charge in [0, 0.05) is 19.1 Å². The Bertz CT molecular complexity index is 390. The number of rotatable bonds is 3. The van der Waals surface area contributed by atoms with Gasteiger partial charge in [0.2, 0.25) is 0 Å². The Hall–Kier alpha value is -1.22. The van der Waals surface area contributed by atoms with E-state index in [-0.39, 0.29) is 0 Å². The van der Waals surface area contributed by atoms with Crippen molar-refractivity contribution in [3.8, 4) is 5.75 Å². The molecule has 1 aromatic rings. The molecule has 0 radical (unpaired) electrons. The zero-order valence-corrected chi connectivity index (χ0v) is 11.2. The Labute approximate surface area is 104 Å². The monoisotopic (exact) mass is 234 g/mol. The second-order valence-corrected chi connectivity index (χ2v) is 5.03. The first kappa shape index (κ1) is 12.2. The fourth-order valence-electron chi connectivity index (χ4n) is 2.43. The Morgan fingerprint density at radius 2 is 2.12 bits per heavy atom. The minimum absolute atomic E-state index is 0.654. The molecule has 1 aliphatic rings. The summed E-state index contributed by atoms with van der Waals surface area (Å²) in [4.78, 5) is 4.73. The van der Waals surface area contributed by atoms with E-state index >= 15 is 0 Å². The van der Waals surface area contributed by atoms with Crippen LogP contribution in [0.2, 0.25) is 0 Å². The summed E-state index contributed by atoms with van der Waals surface area (Å²) >= 11 is 0. The first-order valence-electron chi connectivity index (χ1n) is 6.18. The third-order valence-electron chi connectivity index (χ3n) is 3.57. The summed E-state index contributed by atoms with van der Waals surface area (Å²) in [6.45, 7) is 4.30. The standard InChI is InChI=1S/C14H22N2O/c1-11-5-6-13(14(9-11)17-4)16-8-7-12(10-16)15(2)3/h5-6,9,12H,7-8,10H2,1-4H3/t12-/m0/s1. The topological polar surface area (TPSA) is 15.7 Å². The van der Waals surface area contributed by atoms with E-state index in [0.717, 1.165) is 18.8 Å². The number of hydrogen-bond donors (Lipinski definition) is 0. The number of aryl methyl sites for hydroxylation is 1. The van der Waals surface area contributed by atoms with Crippen LogP contribution in [0.25, 0.3) is 0 Å². The van der Waals surface area contributed by atoms with Gasteiger partial charge in [-0.05, 0) is 45.1 Å². The third kappa shape index (κ3) is 2.55. The number of hydrogen-bond acceptors (Lipinski definition) is 3. The van der Waals surface area contributed by atoms with Crippen molar-refractivity contribution >= 4 is 5.69 Å². The van der Waals surface area contributed by atoms with Crippen molar-refractivity contribution in [3.05, 3.63) is 23.8 Å². The molecule has 94 valence electrons. The van der Waals surface area contributed by atoms with Gasteiger partial charge in [-0.2, -0.15) is 0 Å². The molecule has 2 rings (SSSR count). The van der Waals surface area contributed by atoms with E-state index in [2.05, 4.69) is 49.0 Å². The number of benzene rings is 1. The molecule has 1 aliphatic heterocycles. The van der Waals surface area contributed by atoms with Gasteiger partial charge in [-0.25, -0.2) is 0 Å². The summed E-state index contributed by atoms with van der Waals surface area (Å²) < 4.78 is 5.48. The van der Waals surface area contributed by atoms with Crippen molar-refractivity contribution < 1.29 is 4.74 Å². The van der Waals surface area contributed by atoms with Gasteiger partial charge in [0.25, 0.3) is 0 Å². The van der Waals surface area contributed by atoms with E-state index in [1.807, 2.05) is 0 Å². The number of methoxy groups -OCH3 is 1. The molecule has 0 aromatic heterocycles. The van der Waals surface area contributed by atoms with Crippen molar-refractivity contribution in [1.29, 1.82) is 0 Å². The largest absolute Gasteiger partial charge is 0.495 e. The maximum absolute atomic E-state index is 5.48. The average Bonchev–Trinajstić information content (AvgIpc) is 2.78. The predicted molar refractivity (Wildman–Crippen MR) is 72.0 cm³/mol. The van der Waals surface area contributed by atoms with Gasteiger partial charge in [0.05, 0.1) is 12.8 Å². The molecule has 17 heavy (non-hydrogen) atoms. The van der Waals surface area contributed by atoms with Gasteiger partial charge < -0.3 is 14.5 Å². The van der Waals surface area contributed by atoms with E-state index in [1.54, 1.807) is 7.11 Å². The summed E-state index contributed by atoms with van der Waals surface area (Å²) in [5.41, 5.74) is 2.47. The zero-order chi connectivity index (χ0) is 12.4. The Balaban J connectivity index is 2.18. The number of nitrogens with zero attached hydrogens (tertiary/aromatic N) is 2. The molecule has 1 aromatic carbocycles. The molecule has 3 heteroatoms. The molecule has 1 heterocycles. The summed E-state index contributed by atoms with van der Waals surface area (Å²) in [5.74, 6) is 0.990. The summed E-state index contributed by atoms with van der Waals surface area (Å²) in [7, 11) is 6.05. The minimum Gasteiger partial charge on any atom is -0.495 e. The lowest BCUT2D eigenvalue weighted by atomic mass is 10.2. The first-order valence-corrected chi connectivity index (χ1v) is 6.18. The van der Waals surface area contributed by atoms with Crippen LogP contribution in [0.1, 0.15) is 12.0 Å². The molecule has 3 nitrogen and oxygen atoms in total. The highest BCUT2D eigenvalue weighted by Crippen LogP contribution is 2.32. The fourth-order valence-corrected chi connectivity index (χ4v) is 2.43. The predicted octanol–water partition coefficient (Wildman–Crippen LogP) is 2.14. The number of likely N-dealkylation sites (N-methyl/N-ethyl adjacent to an activating group) is 1. The second-order valence-electron chi connectivity index (χ2n) is 5.03. The molecular formula is C14H22N2O. The molecule has 1 fully saturated rings. The quantitative estimate of drug-likeness (QED) is 0.797. The lowest BCUT2D eigenvalue weighted by Gasteiger charge is -2.23. The van der Waals surface area contributed by atoms with Crippen molar-refractivity contribution in [3.63, 3.8) is 0 Å². The second kappa shape index (κ2) is 4.96. The summed E-state index contributed by atoms with van der Waals surface area (Å²) in [5, 5.41) is 0. The van der Waals surface area contributed by atoms with Crippen LogP contribution in [0, 0.1) is 6.92 Å². The maximum atomic E-state index is 5.48. The highest BCUT2D eigenvalue weighted by atomic mass is 16.5. The van der Waals surface area contributed by atoms with Gasteiger partial charge in [-0.15, -0.1) is 0 Å². The van der Waals surface area contributed by atoms with Gasteiger partial charge in [-0.1, -0.05) is 6.07 Å². The summed E-state index contributed by atoms with van der Waals surface area (Å²) in [6.07, 6.45) is 1.23. The minimum atomic E-state index is 0.654. The van der Waals surface area contributed by atoms with Crippen LogP contribution in [0.4, 0.5) is 5.69 Å². The van der Waals surface area contributed by atoms with E-state index in [1.165, 1.54) is 17.7 Å². The Morgan fingerprint density at radius 3 is 2.71 bits per heavy atom. The van der Waals surface area contributed by atoms with Crippen molar-refractivity contribution in [2.24, 2.45) is 0 Å². The van der Waals surface area contributed by atoms with Crippen LogP contribution in [-0.2, 0) is 0 Å². The van der Waals surface area contributed by atoms with E-state index in [0.29, 0.717) is 6.04 Å². The molecule has 0 N–H and O–H groups in total. The first-order chi connectivity index (χ1) is 8.11. The molecule has 0 amide bonds. The van der Waals surface area contributed by atoms with Crippen LogP contribution in [0.3, 0.4) is 0 Å². The lowest BCUT2D eigenvalue weighted by Crippen LogP contribution is -2.31. The van der Waals surface area contributed by atoms with Crippen LogP contribution in [0.15, 0.2) is 18.2 Å². The van der Waals surface area contributed by atoms with Crippen LogP contribution in [0.5, 0.6) is 5.75 Å². The highest BCUT2D eigenvalue weighted by Gasteiger charge is 2.25. The van der Waals surface area contributed by atoms with Gasteiger partial charge >= 0.3 is 0 Å². The summed E-state index contributed by atoms with van der Waals surface area (Å²) in [6, 6.07) is 7.09. The van der Waals surface area contributed by atoms with Crippen LogP contribution >= 0.6 is 0 Å². The van der Waals surface area contributed by atoms with E-state index in [4.69, 9.17) is 4.74 Å². The average molecular weight is 234 g/mol. The van der Waals surface area contributed by atoms with E-state index in [9.17, 15) is 0 Å². The molecular weight excluding hydrogens is 212 g/mol. The maximum Gasteiger partial charge on any atom is 0.142 e.